The van der Waals surface area contributed by atoms with E-state index in [2.05, 4.69) is 4.72 Å². The lowest BCUT2D eigenvalue weighted by Crippen LogP contribution is -2.49. The molecule has 0 bridgehead atoms. The van der Waals surface area contributed by atoms with Crippen LogP contribution in [0.4, 0.5) is 4.39 Å². The topological polar surface area (TPSA) is 83.6 Å². The van der Waals surface area contributed by atoms with Crippen LogP contribution in [0.5, 0.6) is 0 Å². The molecule has 1 aliphatic heterocycles. The van der Waals surface area contributed by atoms with Crippen molar-refractivity contribution in [1.29, 1.82) is 0 Å². The van der Waals surface area contributed by atoms with E-state index >= 15 is 0 Å². The Morgan fingerprint density at radius 2 is 1.95 bits per heavy atom. The molecule has 1 N–H and O–H groups in total. The van der Waals surface area contributed by atoms with Gasteiger partial charge >= 0.3 is 0 Å². The van der Waals surface area contributed by atoms with Crippen LogP contribution in [0, 0.1) is 12.7 Å². The zero-order valence-electron chi connectivity index (χ0n) is 12.4. The van der Waals surface area contributed by atoms with E-state index in [1.807, 2.05) is 0 Å². The van der Waals surface area contributed by atoms with E-state index in [9.17, 15) is 21.2 Å². The Labute approximate surface area is 130 Å². The Bertz CT molecular complexity index is 762. The second kappa shape index (κ2) is 6.23. The van der Waals surface area contributed by atoms with Gasteiger partial charge in [-0.3, -0.25) is 0 Å². The summed E-state index contributed by atoms with van der Waals surface area (Å²) in [5, 5.41) is 0. The average molecular weight is 350 g/mol. The predicted octanol–water partition coefficient (Wildman–Crippen LogP) is 0.836. The number of nitrogens with zero attached hydrogens (tertiary/aromatic N) is 1. The van der Waals surface area contributed by atoms with E-state index in [1.54, 1.807) is 6.92 Å². The minimum atomic E-state index is -4.02. The van der Waals surface area contributed by atoms with Crippen LogP contribution < -0.4 is 4.72 Å². The fraction of sp³-hybridized carbons (Fsp3) is 0.538. The number of hydrogen-bond acceptors (Lipinski definition) is 4. The number of sulfonamides is 2. The van der Waals surface area contributed by atoms with Gasteiger partial charge in [0.25, 0.3) is 0 Å². The van der Waals surface area contributed by atoms with Gasteiger partial charge in [0, 0.05) is 19.1 Å². The van der Waals surface area contributed by atoms with Crippen molar-refractivity contribution in [3.8, 4) is 0 Å². The molecule has 1 fully saturated rings. The van der Waals surface area contributed by atoms with Gasteiger partial charge in [-0.05, 0) is 37.5 Å². The first-order valence-electron chi connectivity index (χ1n) is 6.83. The van der Waals surface area contributed by atoms with Crippen LogP contribution in [-0.2, 0) is 20.0 Å². The van der Waals surface area contributed by atoms with Crippen molar-refractivity contribution in [3.63, 3.8) is 0 Å². The number of nitrogens with one attached hydrogen (secondary N) is 1. The predicted molar refractivity (Wildman–Crippen MR) is 80.9 cm³/mol. The highest BCUT2D eigenvalue weighted by molar-refractivity contribution is 7.89. The van der Waals surface area contributed by atoms with Gasteiger partial charge in [-0.2, -0.15) is 0 Å². The molecule has 1 saturated heterocycles. The fourth-order valence-corrected chi connectivity index (χ4v) is 4.68. The van der Waals surface area contributed by atoms with E-state index in [4.69, 9.17) is 0 Å². The van der Waals surface area contributed by atoms with Crippen molar-refractivity contribution in [2.24, 2.45) is 0 Å². The molecule has 0 aliphatic carbocycles. The lowest BCUT2D eigenvalue weighted by molar-refractivity contribution is 0.305. The molecule has 1 heterocycles. The Kier molecular flexibility index (Phi) is 4.90. The first-order valence-corrected chi connectivity index (χ1v) is 10.2. The molecule has 1 aromatic carbocycles. The molecule has 0 aromatic heterocycles. The monoisotopic (exact) mass is 350 g/mol. The Balaban J connectivity index is 2.18. The van der Waals surface area contributed by atoms with E-state index in [0.717, 1.165) is 12.3 Å². The maximum atomic E-state index is 13.8. The summed E-state index contributed by atoms with van der Waals surface area (Å²) in [6.07, 6.45) is 2.15. The van der Waals surface area contributed by atoms with Gasteiger partial charge in [0.05, 0.1) is 6.26 Å². The maximum absolute atomic E-state index is 13.8. The highest BCUT2D eigenvalue weighted by Crippen LogP contribution is 2.19. The van der Waals surface area contributed by atoms with Crippen molar-refractivity contribution in [3.05, 3.63) is 29.6 Å². The summed E-state index contributed by atoms with van der Waals surface area (Å²) in [5.41, 5.74) is 0.623. The molecule has 124 valence electrons. The largest absolute Gasteiger partial charge is 0.243 e. The fourth-order valence-electron chi connectivity index (χ4n) is 2.45. The molecule has 0 radical (unpaired) electrons. The number of aryl methyl sites for hydroxylation is 1. The first kappa shape index (κ1) is 17.3. The molecule has 1 unspecified atom stereocenters. The minimum Gasteiger partial charge on any atom is -0.213 e. The second-order valence-electron chi connectivity index (χ2n) is 5.52. The van der Waals surface area contributed by atoms with Crippen LogP contribution in [-0.4, -0.2) is 46.5 Å². The summed E-state index contributed by atoms with van der Waals surface area (Å²) in [6, 6.07) is 3.32. The highest BCUT2D eigenvalue weighted by Gasteiger charge is 2.30. The number of hydrogen-bond donors (Lipinski definition) is 1. The van der Waals surface area contributed by atoms with E-state index in [-0.39, 0.29) is 6.54 Å². The maximum Gasteiger partial charge on any atom is 0.243 e. The SMILES string of the molecule is Cc1ccc(S(=O)(=O)NC2CCCN(S(C)(=O)=O)C2)c(F)c1. The Morgan fingerprint density at radius 1 is 1.27 bits per heavy atom. The van der Waals surface area contributed by atoms with Crippen molar-refractivity contribution >= 4 is 20.0 Å². The lowest BCUT2D eigenvalue weighted by Gasteiger charge is -2.31. The number of halogens is 1. The normalized spacial score (nSPS) is 21.0. The molecule has 22 heavy (non-hydrogen) atoms. The molecular formula is C13H19FN2O4S2. The summed E-state index contributed by atoms with van der Waals surface area (Å²) in [4.78, 5) is -0.422. The van der Waals surface area contributed by atoms with Gasteiger partial charge in [0.15, 0.2) is 0 Å². The number of piperidine rings is 1. The van der Waals surface area contributed by atoms with Crippen molar-refractivity contribution in [1.82, 2.24) is 9.03 Å². The Hall–Kier alpha value is -1.03. The molecule has 6 nitrogen and oxygen atoms in total. The summed E-state index contributed by atoms with van der Waals surface area (Å²) < 4.78 is 65.1. The highest BCUT2D eigenvalue weighted by atomic mass is 32.2. The van der Waals surface area contributed by atoms with Gasteiger partial charge in [0.2, 0.25) is 20.0 Å². The lowest BCUT2D eigenvalue weighted by atomic mass is 10.1. The molecule has 0 saturated carbocycles. The van der Waals surface area contributed by atoms with Gasteiger partial charge in [-0.25, -0.2) is 30.3 Å². The van der Waals surface area contributed by atoms with Crippen LogP contribution in [0.25, 0.3) is 0 Å². The van der Waals surface area contributed by atoms with E-state index in [0.29, 0.717) is 24.9 Å². The molecule has 0 spiro atoms. The van der Waals surface area contributed by atoms with Crippen molar-refractivity contribution in [2.45, 2.75) is 30.7 Å². The zero-order chi connectivity index (χ0) is 16.5. The van der Waals surface area contributed by atoms with Gasteiger partial charge < -0.3 is 0 Å². The average Bonchev–Trinajstić information content (AvgIpc) is 2.36. The summed E-state index contributed by atoms with van der Waals surface area (Å²) in [5.74, 6) is -0.816. The standard InChI is InChI=1S/C13H19FN2O4S2/c1-10-5-6-13(12(14)8-10)22(19,20)15-11-4-3-7-16(9-11)21(2,17)18/h5-6,8,11,15H,3-4,7,9H2,1-2H3. The summed E-state index contributed by atoms with van der Waals surface area (Å²) >= 11 is 0. The second-order valence-corrected chi connectivity index (χ2v) is 9.18. The smallest absolute Gasteiger partial charge is 0.213 e. The summed E-state index contributed by atoms with van der Waals surface area (Å²) in [6.45, 7) is 2.10. The molecule has 9 heteroatoms. The summed E-state index contributed by atoms with van der Waals surface area (Å²) in [7, 11) is -7.39. The van der Waals surface area contributed by atoms with Gasteiger partial charge in [-0.15, -0.1) is 0 Å². The zero-order valence-corrected chi connectivity index (χ0v) is 14.0. The van der Waals surface area contributed by atoms with Crippen LogP contribution in [0.1, 0.15) is 18.4 Å². The minimum absolute atomic E-state index is 0.0611. The van der Waals surface area contributed by atoms with Crippen LogP contribution in [0.2, 0.25) is 0 Å². The quantitative estimate of drug-likeness (QED) is 0.872. The van der Waals surface area contributed by atoms with Crippen LogP contribution >= 0.6 is 0 Å². The van der Waals surface area contributed by atoms with E-state index < -0.39 is 36.8 Å². The van der Waals surface area contributed by atoms with E-state index in [1.165, 1.54) is 16.4 Å². The third kappa shape index (κ3) is 4.03. The molecule has 0 amide bonds. The van der Waals surface area contributed by atoms with Gasteiger partial charge in [-0.1, -0.05) is 6.07 Å². The molecule has 1 aliphatic rings. The van der Waals surface area contributed by atoms with Crippen LogP contribution in [0.3, 0.4) is 0 Å². The molecule has 2 rings (SSSR count). The third-order valence-corrected chi connectivity index (χ3v) is 6.38. The molecule has 1 aromatic rings. The number of rotatable bonds is 4. The van der Waals surface area contributed by atoms with Gasteiger partial charge in [0.1, 0.15) is 10.7 Å². The Morgan fingerprint density at radius 3 is 2.55 bits per heavy atom. The third-order valence-electron chi connectivity index (χ3n) is 3.55. The first-order chi connectivity index (χ1) is 10.1. The molecule has 1 atom stereocenters. The molecular weight excluding hydrogens is 331 g/mol. The van der Waals surface area contributed by atoms with Crippen molar-refractivity contribution < 1.29 is 21.2 Å². The van der Waals surface area contributed by atoms with Crippen molar-refractivity contribution in [2.75, 3.05) is 19.3 Å². The number of benzene rings is 1. The van der Waals surface area contributed by atoms with Crippen LogP contribution in [0.15, 0.2) is 23.1 Å².